The van der Waals surface area contributed by atoms with Gasteiger partial charge in [0.25, 0.3) is 5.91 Å². The maximum absolute atomic E-state index is 13.9. The fourth-order valence-corrected chi connectivity index (χ4v) is 4.67. The number of hydrogen-bond acceptors (Lipinski definition) is 4. The highest BCUT2D eigenvalue weighted by atomic mass is 35.5. The third-order valence-electron chi connectivity index (χ3n) is 6.26. The molecule has 1 fully saturated rings. The third kappa shape index (κ3) is 5.41. The number of nitrogens with zero attached hydrogens (tertiary/aromatic N) is 2. The first kappa shape index (κ1) is 24.4. The quantitative estimate of drug-likeness (QED) is 0.296. The van der Waals surface area contributed by atoms with Crippen molar-refractivity contribution in [2.75, 3.05) is 36.4 Å². The molecule has 8 heteroatoms. The summed E-state index contributed by atoms with van der Waals surface area (Å²) in [6.45, 7) is 4.01. The van der Waals surface area contributed by atoms with Crippen LogP contribution in [0.2, 0.25) is 10.0 Å². The minimum Gasteiger partial charge on any atom is -0.451 e. The van der Waals surface area contributed by atoms with Crippen LogP contribution in [0, 0.1) is 5.82 Å². The predicted molar refractivity (Wildman–Crippen MR) is 142 cm³/mol. The van der Waals surface area contributed by atoms with E-state index in [0.717, 1.165) is 37.4 Å². The molecule has 0 radical (unpaired) electrons. The number of anilines is 2. The van der Waals surface area contributed by atoms with Gasteiger partial charge in [0.15, 0.2) is 5.76 Å². The molecule has 4 aromatic rings. The molecule has 1 aromatic heterocycles. The van der Waals surface area contributed by atoms with Gasteiger partial charge >= 0.3 is 0 Å². The first-order chi connectivity index (χ1) is 17.5. The molecule has 0 bridgehead atoms. The predicted octanol–water partition coefficient (Wildman–Crippen LogP) is 6.97. The number of rotatable bonds is 6. The van der Waals surface area contributed by atoms with Crippen LogP contribution in [0.4, 0.5) is 15.8 Å². The van der Waals surface area contributed by atoms with Crippen LogP contribution in [-0.2, 0) is 6.54 Å². The monoisotopic (exact) mass is 523 g/mol. The molecule has 0 spiro atoms. The third-order valence-corrected chi connectivity index (χ3v) is 7.08. The molecule has 1 amide bonds. The second kappa shape index (κ2) is 10.7. The highest BCUT2D eigenvalue weighted by Crippen LogP contribution is 2.34. The molecule has 36 heavy (non-hydrogen) atoms. The van der Waals surface area contributed by atoms with E-state index in [1.54, 1.807) is 36.4 Å². The minimum absolute atomic E-state index is 0.156. The number of halogens is 3. The molecular weight excluding hydrogens is 500 g/mol. The lowest BCUT2D eigenvalue weighted by atomic mass is 10.1. The smallest absolute Gasteiger partial charge is 0.291 e. The van der Waals surface area contributed by atoms with Crippen molar-refractivity contribution in [3.8, 4) is 11.3 Å². The average molecular weight is 524 g/mol. The summed E-state index contributed by atoms with van der Waals surface area (Å²) in [5.74, 6) is 0.138. The van der Waals surface area contributed by atoms with Gasteiger partial charge in [0.05, 0.1) is 10.0 Å². The van der Waals surface area contributed by atoms with Crippen molar-refractivity contribution >= 4 is 40.5 Å². The topological polar surface area (TPSA) is 48.7 Å². The first-order valence-electron chi connectivity index (χ1n) is 11.6. The highest BCUT2D eigenvalue weighted by molar-refractivity contribution is 6.43. The van der Waals surface area contributed by atoms with Crippen LogP contribution in [0.1, 0.15) is 16.1 Å². The Morgan fingerprint density at radius 2 is 1.64 bits per heavy atom. The van der Waals surface area contributed by atoms with Crippen molar-refractivity contribution in [2.45, 2.75) is 6.54 Å². The number of carbonyl (C=O) groups excluding carboxylic acids is 1. The van der Waals surface area contributed by atoms with E-state index in [-0.39, 0.29) is 17.5 Å². The van der Waals surface area contributed by atoms with Gasteiger partial charge < -0.3 is 14.6 Å². The van der Waals surface area contributed by atoms with E-state index in [2.05, 4.69) is 15.1 Å². The van der Waals surface area contributed by atoms with Gasteiger partial charge in [-0.1, -0.05) is 47.5 Å². The van der Waals surface area contributed by atoms with Crippen LogP contribution in [0.15, 0.2) is 83.3 Å². The summed E-state index contributed by atoms with van der Waals surface area (Å²) in [5, 5.41) is 3.66. The molecule has 0 aliphatic carbocycles. The standard InChI is InChI=1S/C28H24Cl2FN3O2/c29-23-6-3-5-22(27(23)30)25-12-13-26(36-25)28(35)32-20-8-10-21(11-9-20)34-16-14-33(15-17-34)18-19-4-1-2-7-24(19)31/h1-13H,14-18H2,(H,32,35). The first-order valence-corrected chi connectivity index (χ1v) is 12.4. The lowest BCUT2D eigenvalue weighted by Crippen LogP contribution is -2.46. The van der Waals surface area contributed by atoms with Crippen LogP contribution < -0.4 is 10.2 Å². The lowest BCUT2D eigenvalue weighted by molar-refractivity contribution is 0.0997. The second-order valence-corrected chi connectivity index (χ2v) is 9.41. The van der Waals surface area contributed by atoms with E-state index in [4.69, 9.17) is 27.6 Å². The van der Waals surface area contributed by atoms with E-state index in [0.29, 0.717) is 33.6 Å². The number of benzene rings is 3. The maximum atomic E-state index is 13.9. The number of carbonyl (C=O) groups is 1. The Kier molecular flexibility index (Phi) is 7.28. The molecule has 1 aliphatic rings. The Bertz CT molecular complexity index is 1370. The van der Waals surface area contributed by atoms with Gasteiger partial charge in [-0.05, 0) is 54.6 Å². The van der Waals surface area contributed by atoms with E-state index in [9.17, 15) is 9.18 Å². The number of piperazine rings is 1. The molecule has 2 heterocycles. The van der Waals surface area contributed by atoms with Crippen molar-refractivity contribution in [3.05, 3.63) is 106 Å². The van der Waals surface area contributed by atoms with Crippen LogP contribution in [-0.4, -0.2) is 37.0 Å². The number of hydrogen-bond donors (Lipinski definition) is 1. The van der Waals surface area contributed by atoms with Crippen LogP contribution in [0.3, 0.4) is 0 Å². The van der Waals surface area contributed by atoms with Gasteiger partial charge in [-0.25, -0.2) is 4.39 Å². The Balaban J connectivity index is 1.17. The molecule has 1 N–H and O–H groups in total. The normalized spacial score (nSPS) is 14.1. The van der Waals surface area contributed by atoms with Crippen molar-refractivity contribution in [3.63, 3.8) is 0 Å². The zero-order valence-electron chi connectivity index (χ0n) is 19.4. The van der Waals surface area contributed by atoms with E-state index in [1.807, 2.05) is 36.4 Å². The Labute approximate surface area is 219 Å². The van der Waals surface area contributed by atoms with Gasteiger partial charge in [0, 0.05) is 55.2 Å². The van der Waals surface area contributed by atoms with Gasteiger partial charge in [-0.3, -0.25) is 9.69 Å². The molecule has 0 unspecified atom stereocenters. The summed E-state index contributed by atoms with van der Waals surface area (Å²) in [4.78, 5) is 17.3. The Morgan fingerprint density at radius 1 is 0.889 bits per heavy atom. The zero-order valence-corrected chi connectivity index (χ0v) is 20.9. The van der Waals surface area contributed by atoms with Crippen molar-refractivity contribution in [2.24, 2.45) is 0 Å². The molecule has 1 saturated heterocycles. The van der Waals surface area contributed by atoms with Crippen molar-refractivity contribution < 1.29 is 13.6 Å². The van der Waals surface area contributed by atoms with Crippen molar-refractivity contribution in [1.82, 2.24) is 4.90 Å². The number of amides is 1. The molecule has 1 aliphatic heterocycles. The molecule has 0 saturated carbocycles. The largest absolute Gasteiger partial charge is 0.451 e. The van der Waals surface area contributed by atoms with Crippen LogP contribution >= 0.6 is 23.2 Å². The summed E-state index contributed by atoms with van der Waals surface area (Å²) in [6.07, 6.45) is 0. The number of furan rings is 1. The van der Waals surface area contributed by atoms with E-state index >= 15 is 0 Å². The lowest BCUT2D eigenvalue weighted by Gasteiger charge is -2.36. The fraction of sp³-hybridized carbons (Fsp3) is 0.179. The van der Waals surface area contributed by atoms with Gasteiger partial charge in [-0.2, -0.15) is 0 Å². The summed E-state index contributed by atoms with van der Waals surface area (Å²) in [6, 6.07) is 23.2. The molecule has 184 valence electrons. The summed E-state index contributed by atoms with van der Waals surface area (Å²) < 4.78 is 19.7. The summed E-state index contributed by atoms with van der Waals surface area (Å²) >= 11 is 12.3. The van der Waals surface area contributed by atoms with Crippen molar-refractivity contribution in [1.29, 1.82) is 0 Å². The number of nitrogens with one attached hydrogen (secondary N) is 1. The minimum atomic E-state index is -0.353. The maximum Gasteiger partial charge on any atom is 0.291 e. The zero-order chi connectivity index (χ0) is 25.1. The van der Waals surface area contributed by atoms with E-state index in [1.165, 1.54) is 6.07 Å². The second-order valence-electron chi connectivity index (χ2n) is 8.62. The van der Waals surface area contributed by atoms with Gasteiger partial charge in [0.1, 0.15) is 11.6 Å². The molecule has 0 atom stereocenters. The summed E-state index contributed by atoms with van der Waals surface area (Å²) in [5.41, 5.74) is 3.10. The van der Waals surface area contributed by atoms with Crippen LogP contribution in [0.5, 0.6) is 0 Å². The summed E-state index contributed by atoms with van der Waals surface area (Å²) in [7, 11) is 0. The van der Waals surface area contributed by atoms with Gasteiger partial charge in [0.2, 0.25) is 0 Å². The molecule has 3 aromatic carbocycles. The Morgan fingerprint density at radius 3 is 2.39 bits per heavy atom. The van der Waals surface area contributed by atoms with Crippen LogP contribution in [0.25, 0.3) is 11.3 Å². The van der Waals surface area contributed by atoms with E-state index < -0.39 is 0 Å². The molecular formula is C28H24Cl2FN3O2. The molecule has 5 nitrogen and oxygen atoms in total. The molecule has 5 rings (SSSR count). The fourth-order valence-electron chi connectivity index (χ4n) is 4.28. The highest BCUT2D eigenvalue weighted by Gasteiger charge is 2.19. The van der Waals surface area contributed by atoms with Gasteiger partial charge in [-0.15, -0.1) is 0 Å². The average Bonchev–Trinajstić information content (AvgIpc) is 3.38. The Hall–Kier alpha value is -3.32. The SMILES string of the molecule is O=C(Nc1ccc(N2CCN(Cc3ccccc3F)CC2)cc1)c1ccc(-c2cccc(Cl)c2Cl)o1.